The standard InChI is InChI=1S/C21H25N3O4/c1-3-15-9-11-17(12-10-15)23-19(25)14(2)28-20(26)18(24-21(22)27)13-16-7-5-4-6-8-16/h4-12,14,18H,3,13H2,1-2H3,(H,23,25)(H3,22,24,27)/t14-,18+/m1/s1. The Balaban J connectivity index is 1.97. The number of carbonyl (C=O) groups excluding carboxylic acids is 3. The monoisotopic (exact) mass is 383 g/mol. The molecule has 0 aliphatic heterocycles. The molecule has 2 atom stereocenters. The quantitative estimate of drug-likeness (QED) is 0.608. The van der Waals surface area contributed by atoms with Gasteiger partial charge in [0.05, 0.1) is 0 Å². The van der Waals surface area contributed by atoms with E-state index >= 15 is 0 Å². The lowest BCUT2D eigenvalue weighted by Gasteiger charge is -2.20. The van der Waals surface area contributed by atoms with Crippen molar-refractivity contribution in [2.75, 3.05) is 5.32 Å². The van der Waals surface area contributed by atoms with Crippen LogP contribution in [-0.2, 0) is 27.2 Å². The molecule has 7 nitrogen and oxygen atoms in total. The van der Waals surface area contributed by atoms with Crippen LogP contribution in [-0.4, -0.2) is 30.1 Å². The number of nitrogens with two attached hydrogens (primary N) is 1. The van der Waals surface area contributed by atoms with Gasteiger partial charge in [-0.2, -0.15) is 0 Å². The lowest BCUT2D eigenvalue weighted by molar-refractivity contribution is -0.155. The molecular weight excluding hydrogens is 358 g/mol. The first kappa shape index (κ1) is 21.0. The summed E-state index contributed by atoms with van der Waals surface area (Å²) in [6, 6.07) is 14.7. The number of hydrogen-bond acceptors (Lipinski definition) is 4. The third-order valence-corrected chi connectivity index (χ3v) is 4.18. The van der Waals surface area contributed by atoms with Crippen molar-refractivity contribution >= 4 is 23.6 Å². The van der Waals surface area contributed by atoms with Gasteiger partial charge in [-0.05, 0) is 36.6 Å². The lowest BCUT2D eigenvalue weighted by Crippen LogP contribution is -2.47. The van der Waals surface area contributed by atoms with Gasteiger partial charge < -0.3 is 21.1 Å². The second-order valence-electron chi connectivity index (χ2n) is 6.37. The molecule has 0 heterocycles. The Morgan fingerprint density at radius 1 is 1.00 bits per heavy atom. The van der Waals surface area contributed by atoms with E-state index in [-0.39, 0.29) is 6.42 Å². The van der Waals surface area contributed by atoms with Crippen molar-refractivity contribution < 1.29 is 19.1 Å². The highest BCUT2D eigenvalue weighted by Gasteiger charge is 2.26. The number of benzene rings is 2. The molecule has 7 heteroatoms. The molecule has 0 spiro atoms. The number of aryl methyl sites for hydroxylation is 1. The third kappa shape index (κ3) is 6.42. The predicted octanol–water partition coefficient (Wildman–Crippen LogP) is 2.40. The van der Waals surface area contributed by atoms with Crippen molar-refractivity contribution in [3.63, 3.8) is 0 Å². The summed E-state index contributed by atoms with van der Waals surface area (Å²) in [5, 5.41) is 5.07. The lowest BCUT2D eigenvalue weighted by atomic mass is 10.1. The van der Waals surface area contributed by atoms with Gasteiger partial charge in [-0.1, -0.05) is 49.4 Å². The molecule has 0 saturated carbocycles. The summed E-state index contributed by atoms with van der Waals surface area (Å²) in [6.07, 6.45) is 0.0687. The number of amides is 3. The number of nitrogens with one attached hydrogen (secondary N) is 2. The highest BCUT2D eigenvalue weighted by Crippen LogP contribution is 2.12. The number of anilines is 1. The van der Waals surface area contributed by atoms with Gasteiger partial charge in [0.25, 0.3) is 5.91 Å². The number of ether oxygens (including phenoxy) is 1. The maximum Gasteiger partial charge on any atom is 0.329 e. The molecule has 148 valence electrons. The fraction of sp³-hybridized carbons (Fsp3) is 0.286. The Morgan fingerprint density at radius 2 is 1.64 bits per heavy atom. The number of carbonyl (C=O) groups is 3. The average Bonchev–Trinajstić information content (AvgIpc) is 2.68. The predicted molar refractivity (Wildman–Crippen MR) is 107 cm³/mol. The number of hydrogen-bond donors (Lipinski definition) is 3. The Hall–Kier alpha value is -3.35. The summed E-state index contributed by atoms with van der Waals surface area (Å²) in [5.41, 5.74) is 7.75. The minimum absolute atomic E-state index is 0.204. The smallest absolute Gasteiger partial charge is 0.329 e. The van der Waals surface area contributed by atoms with E-state index in [2.05, 4.69) is 10.6 Å². The van der Waals surface area contributed by atoms with E-state index < -0.39 is 30.1 Å². The first-order valence-corrected chi connectivity index (χ1v) is 9.09. The zero-order chi connectivity index (χ0) is 20.5. The molecule has 0 radical (unpaired) electrons. The van der Waals surface area contributed by atoms with Crippen LogP contribution >= 0.6 is 0 Å². The van der Waals surface area contributed by atoms with E-state index in [4.69, 9.17) is 10.5 Å². The second kappa shape index (κ2) is 10.1. The molecule has 0 aliphatic carbocycles. The van der Waals surface area contributed by atoms with Gasteiger partial charge in [0.2, 0.25) is 0 Å². The van der Waals surface area contributed by atoms with Gasteiger partial charge in [0.15, 0.2) is 6.10 Å². The fourth-order valence-corrected chi connectivity index (χ4v) is 2.59. The van der Waals surface area contributed by atoms with E-state index in [1.807, 2.05) is 49.4 Å². The minimum Gasteiger partial charge on any atom is -0.451 e. The van der Waals surface area contributed by atoms with Crippen LogP contribution in [0.1, 0.15) is 25.0 Å². The normalized spacial score (nSPS) is 12.5. The first-order chi connectivity index (χ1) is 13.4. The molecule has 28 heavy (non-hydrogen) atoms. The highest BCUT2D eigenvalue weighted by atomic mass is 16.5. The van der Waals surface area contributed by atoms with E-state index in [1.54, 1.807) is 12.1 Å². The van der Waals surface area contributed by atoms with E-state index in [0.717, 1.165) is 17.5 Å². The first-order valence-electron chi connectivity index (χ1n) is 9.09. The van der Waals surface area contributed by atoms with Gasteiger partial charge in [-0.15, -0.1) is 0 Å². The minimum atomic E-state index is -1.04. The number of primary amides is 1. The SMILES string of the molecule is CCc1ccc(NC(=O)[C@@H](C)OC(=O)[C@H](Cc2ccccc2)NC(N)=O)cc1. The zero-order valence-corrected chi connectivity index (χ0v) is 16.0. The van der Waals surface area contributed by atoms with Crippen molar-refractivity contribution in [3.8, 4) is 0 Å². The zero-order valence-electron chi connectivity index (χ0n) is 16.0. The Morgan fingerprint density at radius 3 is 2.21 bits per heavy atom. The van der Waals surface area contributed by atoms with Gasteiger partial charge in [-0.25, -0.2) is 9.59 Å². The third-order valence-electron chi connectivity index (χ3n) is 4.18. The molecule has 0 aromatic heterocycles. The molecule has 0 saturated heterocycles. The van der Waals surface area contributed by atoms with Crippen molar-refractivity contribution in [2.24, 2.45) is 5.73 Å². The van der Waals surface area contributed by atoms with E-state index in [9.17, 15) is 14.4 Å². The maximum absolute atomic E-state index is 12.5. The van der Waals surface area contributed by atoms with Crippen molar-refractivity contribution in [1.82, 2.24) is 5.32 Å². The van der Waals surface area contributed by atoms with E-state index in [0.29, 0.717) is 5.69 Å². The molecule has 4 N–H and O–H groups in total. The topological polar surface area (TPSA) is 111 Å². The summed E-state index contributed by atoms with van der Waals surface area (Å²) in [6.45, 7) is 3.51. The van der Waals surface area contributed by atoms with Crippen molar-refractivity contribution in [2.45, 2.75) is 38.8 Å². The van der Waals surface area contributed by atoms with Crippen LogP contribution in [0.25, 0.3) is 0 Å². The number of esters is 1. The van der Waals surface area contributed by atoms with Crippen LogP contribution in [0.3, 0.4) is 0 Å². The maximum atomic E-state index is 12.5. The molecule has 0 fully saturated rings. The summed E-state index contributed by atoms with van der Waals surface area (Å²) in [7, 11) is 0. The van der Waals surface area contributed by atoms with Gasteiger partial charge in [0.1, 0.15) is 6.04 Å². The molecule has 2 rings (SSSR count). The van der Waals surface area contributed by atoms with Gasteiger partial charge in [0, 0.05) is 12.1 Å². The van der Waals surface area contributed by atoms with Crippen LogP contribution in [0, 0.1) is 0 Å². The van der Waals surface area contributed by atoms with E-state index in [1.165, 1.54) is 6.92 Å². The molecule has 2 aromatic rings. The summed E-state index contributed by atoms with van der Waals surface area (Å²) in [5.74, 6) is -1.19. The molecule has 0 unspecified atom stereocenters. The van der Waals surface area contributed by atoms with Crippen molar-refractivity contribution in [1.29, 1.82) is 0 Å². The number of rotatable bonds is 8. The van der Waals surface area contributed by atoms with Crippen LogP contribution in [0.5, 0.6) is 0 Å². The van der Waals surface area contributed by atoms with Crippen LogP contribution in [0.2, 0.25) is 0 Å². The van der Waals surface area contributed by atoms with Crippen LogP contribution in [0.4, 0.5) is 10.5 Å². The number of urea groups is 1. The van der Waals surface area contributed by atoms with Gasteiger partial charge in [-0.3, -0.25) is 4.79 Å². The van der Waals surface area contributed by atoms with Crippen LogP contribution in [0.15, 0.2) is 54.6 Å². The molecule has 0 bridgehead atoms. The molecule has 0 aliphatic rings. The summed E-state index contributed by atoms with van der Waals surface area (Å²) in [4.78, 5) is 36.0. The summed E-state index contributed by atoms with van der Waals surface area (Å²) < 4.78 is 5.24. The largest absolute Gasteiger partial charge is 0.451 e. The molecule has 3 amide bonds. The highest BCUT2D eigenvalue weighted by molar-refractivity contribution is 5.95. The summed E-state index contributed by atoms with van der Waals surface area (Å²) >= 11 is 0. The van der Waals surface area contributed by atoms with Crippen LogP contribution < -0.4 is 16.4 Å². The Kier molecular flexibility index (Phi) is 7.56. The Bertz CT molecular complexity index is 806. The second-order valence-corrected chi connectivity index (χ2v) is 6.37. The average molecular weight is 383 g/mol. The molecular formula is C21H25N3O4. The Labute approximate surface area is 164 Å². The molecule has 2 aromatic carbocycles. The fourth-order valence-electron chi connectivity index (χ4n) is 2.59. The van der Waals surface area contributed by atoms with Crippen molar-refractivity contribution in [3.05, 3.63) is 65.7 Å². The van der Waals surface area contributed by atoms with Gasteiger partial charge >= 0.3 is 12.0 Å².